The second-order valence-corrected chi connectivity index (χ2v) is 8.66. The van der Waals surface area contributed by atoms with Crippen LogP contribution in [0.4, 0.5) is 23.5 Å². The van der Waals surface area contributed by atoms with Crippen molar-refractivity contribution in [2.45, 2.75) is 13.5 Å². The van der Waals surface area contributed by atoms with E-state index in [-0.39, 0.29) is 0 Å². The van der Waals surface area contributed by atoms with Gasteiger partial charge in [-0.2, -0.15) is 20.1 Å². The quantitative estimate of drug-likeness (QED) is 0.209. The maximum atomic E-state index is 6.00. The van der Waals surface area contributed by atoms with E-state index in [1.807, 2.05) is 85.8 Å². The molecule has 0 radical (unpaired) electrons. The van der Waals surface area contributed by atoms with Crippen LogP contribution >= 0.6 is 0 Å². The smallest absolute Gasteiger partial charge is 0.250 e. The minimum Gasteiger partial charge on any atom is -0.490 e. The first-order valence-corrected chi connectivity index (χ1v) is 12.9. The van der Waals surface area contributed by atoms with Gasteiger partial charge in [0.1, 0.15) is 6.61 Å². The molecule has 10 nitrogen and oxygen atoms in total. The number of benzene rings is 3. The van der Waals surface area contributed by atoms with Crippen LogP contribution in [0.25, 0.3) is 0 Å². The summed E-state index contributed by atoms with van der Waals surface area (Å²) in [7, 11) is 0. The number of morpholine rings is 1. The van der Waals surface area contributed by atoms with Gasteiger partial charge in [0.05, 0.1) is 26.0 Å². The highest BCUT2D eigenvalue weighted by Crippen LogP contribution is 2.29. The van der Waals surface area contributed by atoms with Crippen LogP contribution in [0.15, 0.2) is 84.0 Å². The van der Waals surface area contributed by atoms with Gasteiger partial charge in [-0.1, -0.05) is 48.5 Å². The Morgan fingerprint density at radius 3 is 2.38 bits per heavy atom. The number of para-hydroxylation sites is 1. The van der Waals surface area contributed by atoms with Gasteiger partial charge in [0.15, 0.2) is 11.5 Å². The summed E-state index contributed by atoms with van der Waals surface area (Å²) in [6, 6.07) is 25.5. The molecule has 0 spiro atoms. The third kappa shape index (κ3) is 7.42. The van der Waals surface area contributed by atoms with Crippen LogP contribution in [-0.4, -0.2) is 54.1 Å². The van der Waals surface area contributed by atoms with Crippen molar-refractivity contribution < 1.29 is 14.2 Å². The fraction of sp³-hybridized carbons (Fsp3) is 0.241. The van der Waals surface area contributed by atoms with Gasteiger partial charge in [0.2, 0.25) is 17.8 Å². The lowest BCUT2D eigenvalue weighted by Gasteiger charge is -2.27. The van der Waals surface area contributed by atoms with Gasteiger partial charge in [-0.05, 0) is 48.4 Å². The average Bonchev–Trinajstić information content (AvgIpc) is 2.98. The molecule has 0 aliphatic carbocycles. The number of hydrogen-bond acceptors (Lipinski definition) is 10. The molecule has 10 heteroatoms. The molecule has 1 aliphatic rings. The van der Waals surface area contributed by atoms with E-state index in [0.29, 0.717) is 68.9 Å². The lowest BCUT2D eigenvalue weighted by molar-refractivity contribution is 0.122. The monoisotopic (exact) mass is 525 g/mol. The van der Waals surface area contributed by atoms with Crippen LogP contribution in [0, 0.1) is 0 Å². The van der Waals surface area contributed by atoms with Crippen LogP contribution in [0.3, 0.4) is 0 Å². The molecule has 0 atom stereocenters. The number of ether oxygens (including phenoxy) is 3. The molecule has 200 valence electrons. The average molecular weight is 526 g/mol. The number of hydrazone groups is 1. The van der Waals surface area contributed by atoms with Crippen molar-refractivity contribution in [1.82, 2.24) is 15.0 Å². The number of aromatic nitrogens is 3. The molecule has 1 aromatic heterocycles. The third-order valence-electron chi connectivity index (χ3n) is 5.83. The molecular weight excluding hydrogens is 494 g/mol. The minimum atomic E-state index is 0.328. The normalized spacial score (nSPS) is 13.3. The highest BCUT2D eigenvalue weighted by molar-refractivity contribution is 5.81. The fourth-order valence-electron chi connectivity index (χ4n) is 3.92. The lowest BCUT2D eigenvalue weighted by Crippen LogP contribution is -2.37. The van der Waals surface area contributed by atoms with Gasteiger partial charge in [-0.3, -0.25) is 0 Å². The highest BCUT2D eigenvalue weighted by atomic mass is 16.5. The molecule has 1 saturated heterocycles. The van der Waals surface area contributed by atoms with E-state index in [4.69, 9.17) is 14.2 Å². The molecule has 0 amide bonds. The Hall–Kier alpha value is -4.70. The van der Waals surface area contributed by atoms with Crippen molar-refractivity contribution in [1.29, 1.82) is 0 Å². The van der Waals surface area contributed by atoms with Gasteiger partial charge in [-0.15, -0.1) is 0 Å². The molecule has 39 heavy (non-hydrogen) atoms. The Bertz CT molecular complexity index is 1360. The summed E-state index contributed by atoms with van der Waals surface area (Å²) >= 11 is 0. The standard InChI is InChI=1S/C29H31N7O3/c1-2-38-26-19-23(13-14-25(26)39-21-22-9-5-3-6-10-22)20-30-35-28-32-27(31-24-11-7-4-8-12-24)33-29(34-28)36-15-17-37-18-16-36/h3-14,19-20H,2,15-18,21H2,1H3,(H2,31,32,33,34,35). The maximum absolute atomic E-state index is 6.00. The van der Waals surface area contributed by atoms with E-state index < -0.39 is 0 Å². The van der Waals surface area contributed by atoms with Crippen LogP contribution in [-0.2, 0) is 11.3 Å². The van der Waals surface area contributed by atoms with Gasteiger partial charge < -0.3 is 24.4 Å². The Morgan fingerprint density at radius 2 is 1.62 bits per heavy atom. The topological polar surface area (TPSA) is 106 Å². The number of hydrogen-bond donors (Lipinski definition) is 2. The van der Waals surface area contributed by atoms with Crippen LogP contribution in [0.5, 0.6) is 11.5 Å². The second-order valence-electron chi connectivity index (χ2n) is 8.66. The van der Waals surface area contributed by atoms with Crippen molar-refractivity contribution in [3.63, 3.8) is 0 Å². The Balaban J connectivity index is 1.30. The second kappa shape index (κ2) is 13.2. The number of nitrogens with zero attached hydrogens (tertiary/aromatic N) is 5. The summed E-state index contributed by atoms with van der Waals surface area (Å²) in [5.41, 5.74) is 5.75. The van der Waals surface area contributed by atoms with Crippen molar-refractivity contribution in [3.8, 4) is 11.5 Å². The first-order chi connectivity index (χ1) is 19.3. The number of rotatable bonds is 11. The van der Waals surface area contributed by atoms with Gasteiger partial charge >= 0.3 is 0 Å². The summed E-state index contributed by atoms with van der Waals surface area (Å²) < 4.78 is 17.3. The maximum Gasteiger partial charge on any atom is 0.250 e. The van der Waals surface area contributed by atoms with Crippen molar-refractivity contribution in [2.75, 3.05) is 48.6 Å². The van der Waals surface area contributed by atoms with Crippen molar-refractivity contribution in [3.05, 3.63) is 90.0 Å². The molecular formula is C29H31N7O3. The molecule has 0 unspecified atom stereocenters. The summed E-state index contributed by atoms with van der Waals surface area (Å²) in [5, 5.41) is 7.62. The Kier molecular flexibility index (Phi) is 8.78. The lowest BCUT2D eigenvalue weighted by atomic mass is 10.2. The zero-order valence-electron chi connectivity index (χ0n) is 21.8. The summed E-state index contributed by atoms with van der Waals surface area (Å²) in [6.45, 7) is 5.58. The molecule has 1 fully saturated rings. The predicted octanol–water partition coefficient (Wildman–Crippen LogP) is 4.88. The van der Waals surface area contributed by atoms with E-state index in [1.165, 1.54) is 0 Å². The highest BCUT2D eigenvalue weighted by Gasteiger charge is 2.17. The van der Waals surface area contributed by atoms with Crippen LogP contribution in [0.2, 0.25) is 0 Å². The van der Waals surface area contributed by atoms with Gasteiger partial charge in [0.25, 0.3) is 0 Å². The molecule has 0 saturated carbocycles. The molecule has 2 N–H and O–H groups in total. The zero-order valence-corrected chi connectivity index (χ0v) is 21.8. The first-order valence-electron chi connectivity index (χ1n) is 12.9. The van der Waals surface area contributed by atoms with Gasteiger partial charge in [0, 0.05) is 18.8 Å². The molecule has 0 bridgehead atoms. The van der Waals surface area contributed by atoms with Crippen LogP contribution < -0.4 is 25.1 Å². The van der Waals surface area contributed by atoms with Crippen molar-refractivity contribution >= 4 is 29.7 Å². The fourth-order valence-corrected chi connectivity index (χ4v) is 3.92. The molecule has 4 aromatic rings. The largest absolute Gasteiger partial charge is 0.490 e. The minimum absolute atomic E-state index is 0.328. The summed E-state index contributed by atoms with van der Waals surface area (Å²) in [5.74, 6) is 2.64. The number of anilines is 4. The SMILES string of the molecule is CCOc1cc(C=NNc2nc(Nc3ccccc3)nc(N3CCOCC3)n2)ccc1OCc1ccccc1. The van der Waals surface area contributed by atoms with E-state index in [0.717, 1.165) is 16.8 Å². The van der Waals surface area contributed by atoms with Gasteiger partial charge in [-0.25, -0.2) is 5.43 Å². The molecule has 2 heterocycles. The van der Waals surface area contributed by atoms with E-state index in [1.54, 1.807) is 6.21 Å². The van der Waals surface area contributed by atoms with E-state index in [2.05, 4.69) is 35.7 Å². The Morgan fingerprint density at radius 1 is 0.872 bits per heavy atom. The summed E-state index contributed by atoms with van der Waals surface area (Å²) in [6.07, 6.45) is 1.69. The first kappa shape index (κ1) is 25.9. The van der Waals surface area contributed by atoms with Crippen molar-refractivity contribution in [2.24, 2.45) is 5.10 Å². The zero-order chi connectivity index (χ0) is 26.7. The third-order valence-corrected chi connectivity index (χ3v) is 5.83. The van der Waals surface area contributed by atoms with E-state index in [9.17, 15) is 0 Å². The molecule has 1 aliphatic heterocycles. The Labute approximate surface area is 227 Å². The molecule has 5 rings (SSSR count). The predicted molar refractivity (Wildman–Crippen MR) is 152 cm³/mol. The van der Waals surface area contributed by atoms with Crippen LogP contribution in [0.1, 0.15) is 18.1 Å². The number of nitrogens with one attached hydrogen (secondary N) is 2. The van der Waals surface area contributed by atoms with E-state index >= 15 is 0 Å². The summed E-state index contributed by atoms with van der Waals surface area (Å²) in [4.78, 5) is 15.8. The molecule has 3 aromatic carbocycles.